The fourth-order valence-electron chi connectivity index (χ4n) is 1.89. The van der Waals surface area contributed by atoms with Gasteiger partial charge in [-0.2, -0.15) is 4.37 Å². The summed E-state index contributed by atoms with van der Waals surface area (Å²) < 4.78 is 9.20. The summed E-state index contributed by atoms with van der Waals surface area (Å²) in [7, 11) is 1.57. The van der Waals surface area contributed by atoms with E-state index in [4.69, 9.17) is 4.74 Å². The number of morpholine rings is 1. The van der Waals surface area contributed by atoms with Crippen LogP contribution in [-0.4, -0.2) is 59.7 Å². The maximum atomic E-state index is 12.3. The minimum absolute atomic E-state index is 0.0918. The van der Waals surface area contributed by atoms with Crippen LogP contribution in [0.5, 0.6) is 0 Å². The van der Waals surface area contributed by atoms with Crippen LogP contribution in [0.2, 0.25) is 0 Å². The Morgan fingerprint density at radius 2 is 2.05 bits per heavy atom. The second-order valence-corrected chi connectivity index (χ2v) is 4.95. The monoisotopic (exact) mass is 285 g/mol. The number of urea groups is 1. The predicted octanol–water partition coefficient (Wildman–Crippen LogP) is 1.04. The summed E-state index contributed by atoms with van der Waals surface area (Å²) in [5.41, 5.74) is 0.517. The van der Waals surface area contributed by atoms with E-state index in [0.29, 0.717) is 37.0 Å². The van der Waals surface area contributed by atoms with Crippen LogP contribution in [0.1, 0.15) is 16.1 Å². The first-order valence-corrected chi connectivity index (χ1v) is 6.59. The molecule has 1 N–H and O–H groups in total. The van der Waals surface area contributed by atoms with E-state index in [0.717, 1.165) is 11.5 Å². The van der Waals surface area contributed by atoms with Crippen molar-refractivity contribution >= 4 is 28.5 Å². The zero-order chi connectivity index (χ0) is 14.0. The number of aromatic carboxylic acids is 1. The molecule has 1 fully saturated rings. The first-order valence-electron chi connectivity index (χ1n) is 5.82. The number of carboxylic acid groups (broad SMARTS) is 1. The summed E-state index contributed by atoms with van der Waals surface area (Å²) >= 11 is 1.02. The lowest BCUT2D eigenvalue weighted by atomic mass is 10.2. The molecule has 1 aromatic rings. The molecule has 0 aliphatic carbocycles. The van der Waals surface area contributed by atoms with E-state index < -0.39 is 5.97 Å². The van der Waals surface area contributed by atoms with E-state index in [9.17, 15) is 14.7 Å². The molecule has 2 amide bonds. The smallest absolute Gasteiger partial charge is 0.340 e. The van der Waals surface area contributed by atoms with Gasteiger partial charge in [-0.05, 0) is 18.5 Å². The molecule has 1 saturated heterocycles. The topological polar surface area (TPSA) is 83.0 Å². The first-order chi connectivity index (χ1) is 9.02. The third kappa shape index (κ3) is 2.69. The van der Waals surface area contributed by atoms with E-state index in [1.165, 1.54) is 4.90 Å². The van der Waals surface area contributed by atoms with Gasteiger partial charge in [0.2, 0.25) is 0 Å². The summed E-state index contributed by atoms with van der Waals surface area (Å²) in [4.78, 5) is 26.5. The summed E-state index contributed by atoms with van der Waals surface area (Å²) in [5.74, 6) is -1.07. The number of amides is 2. The summed E-state index contributed by atoms with van der Waals surface area (Å²) in [6.07, 6.45) is 0. The number of nitrogens with zero attached hydrogens (tertiary/aromatic N) is 3. The van der Waals surface area contributed by atoms with Crippen molar-refractivity contribution in [2.75, 3.05) is 38.3 Å². The van der Waals surface area contributed by atoms with Crippen LogP contribution < -0.4 is 4.90 Å². The van der Waals surface area contributed by atoms with Gasteiger partial charge in [0.25, 0.3) is 0 Å². The molecular formula is C11H15N3O4S. The third-order valence-corrected chi connectivity index (χ3v) is 3.95. The summed E-state index contributed by atoms with van der Waals surface area (Å²) in [6.45, 7) is 3.67. The van der Waals surface area contributed by atoms with Crippen LogP contribution in [-0.2, 0) is 4.74 Å². The molecular weight excluding hydrogens is 270 g/mol. The van der Waals surface area contributed by atoms with E-state index in [1.54, 1.807) is 18.9 Å². The van der Waals surface area contributed by atoms with Crippen molar-refractivity contribution in [1.82, 2.24) is 9.27 Å². The van der Waals surface area contributed by atoms with Gasteiger partial charge in [0.1, 0.15) is 10.6 Å². The molecule has 0 aromatic carbocycles. The maximum absolute atomic E-state index is 12.3. The van der Waals surface area contributed by atoms with Crippen molar-refractivity contribution < 1.29 is 19.4 Å². The second kappa shape index (κ2) is 5.54. The molecule has 0 radical (unpaired) electrons. The number of rotatable bonds is 2. The van der Waals surface area contributed by atoms with Crippen molar-refractivity contribution in [3.8, 4) is 0 Å². The van der Waals surface area contributed by atoms with Gasteiger partial charge in [-0.3, -0.25) is 4.90 Å². The fraction of sp³-hybridized carbons (Fsp3) is 0.545. The molecule has 104 valence electrons. The molecule has 0 spiro atoms. The number of carbonyl (C=O) groups is 2. The number of anilines is 1. The van der Waals surface area contributed by atoms with Crippen LogP contribution in [0.15, 0.2) is 0 Å². The van der Waals surface area contributed by atoms with Crippen molar-refractivity contribution in [2.24, 2.45) is 0 Å². The Bertz CT molecular complexity index is 496. The number of carbonyl (C=O) groups excluding carboxylic acids is 1. The average molecular weight is 285 g/mol. The Hall–Kier alpha value is -1.67. The molecule has 0 atom stereocenters. The van der Waals surface area contributed by atoms with Gasteiger partial charge in [0.15, 0.2) is 0 Å². The van der Waals surface area contributed by atoms with E-state index in [1.807, 2.05) is 0 Å². The van der Waals surface area contributed by atoms with Crippen LogP contribution >= 0.6 is 11.5 Å². The Labute approximate surface area is 114 Å². The minimum atomic E-state index is -1.07. The molecule has 1 aliphatic heterocycles. The van der Waals surface area contributed by atoms with Gasteiger partial charge < -0.3 is 14.7 Å². The average Bonchev–Trinajstić information content (AvgIpc) is 2.80. The Kier molecular flexibility index (Phi) is 4.01. The van der Waals surface area contributed by atoms with Crippen molar-refractivity contribution in [2.45, 2.75) is 6.92 Å². The highest BCUT2D eigenvalue weighted by molar-refractivity contribution is 7.11. The third-order valence-electron chi connectivity index (χ3n) is 2.93. The number of hydrogen-bond acceptors (Lipinski definition) is 5. The van der Waals surface area contributed by atoms with Gasteiger partial charge in [-0.25, -0.2) is 9.59 Å². The van der Waals surface area contributed by atoms with Crippen LogP contribution in [0.4, 0.5) is 9.80 Å². The molecule has 7 nitrogen and oxygen atoms in total. The molecule has 1 aromatic heterocycles. The van der Waals surface area contributed by atoms with Crippen LogP contribution in [0.25, 0.3) is 0 Å². The highest BCUT2D eigenvalue weighted by Gasteiger charge is 2.27. The molecule has 2 heterocycles. The van der Waals surface area contributed by atoms with Gasteiger partial charge >= 0.3 is 12.0 Å². The molecule has 0 saturated carbocycles. The van der Waals surface area contributed by atoms with Gasteiger partial charge in [0.05, 0.1) is 18.9 Å². The summed E-state index contributed by atoms with van der Waals surface area (Å²) in [6, 6.07) is -0.227. The quantitative estimate of drug-likeness (QED) is 0.877. The van der Waals surface area contributed by atoms with Crippen molar-refractivity contribution in [3.63, 3.8) is 0 Å². The number of aryl methyl sites for hydroxylation is 1. The van der Waals surface area contributed by atoms with Gasteiger partial charge in [0, 0.05) is 20.1 Å². The summed E-state index contributed by atoms with van der Waals surface area (Å²) in [5, 5.41) is 9.53. The van der Waals surface area contributed by atoms with Gasteiger partial charge in [-0.15, -0.1) is 0 Å². The SMILES string of the molecule is Cc1nsc(N(C)C(=O)N2CCOCC2)c1C(=O)O. The molecule has 19 heavy (non-hydrogen) atoms. The van der Waals surface area contributed by atoms with Crippen molar-refractivity contribution in [1.29, 1.82) is 0 Å². The normalized spacial score (nSPS) is 15.4. The molecule has 8 heteroatoms. The van der Waals surface area contributed by atoms with Crippen LogP contribution in [0.3, 0.4) is 0 Å². The Balaban J connectivity index is 2.21. The lowest BCUT2D eigenvalue weighted by Gasteiger charge is -2.30. The zero-order valence-electron chi connectivity index (χ0n) is 10.8. The molecule has 2 rings (SSSR count). The van der Waals surface area contributed by atoms with Crippen molar-refractivity contribution in [3.05, 3.63) is 11.3 Å². The standard InChI is InChI=1S/C11H15N3O4S/c1-7-8(10(15)16)9(19-12-7)13(2)11(17)14-3-5-18-6-4-14/h3-6H2,1-2H3,(H,15,16). The maximum Gasteiger partial charge on any atom is 0.340 e. The highest BCUT2D eigenvalue weighted by Crippen LogP contribution is 2.28. The van der Waals surface area contributed by atoms with Gasteiger partial charge in [-0.1, -0.05) is 0 Å². The van der Waals surface area contributed by atoms with E-state index >= 15 is 0 Å². The number of carboxylic acids is 1. The number of aromatic nitrogens is 1. The lowest BCUT2D eigenvalue weighted by molar-refractivity contribution is 0.0551. The number of ether oxygens (including phenoxy) is 1. The molecule has 0 unspecified atom stereocenters. The Morgan fingerprint density at radius 1 is 1.42 bits per heavy atom. The second-order valence-electron chi connectivity index (χ2n) is 4.19. The molecule has 1 aliphatic rings. The zero-order valence-corrected chi connectivity index (χ0v) is 11.6. The highest BCUT2D eigenvalue weighted by atomic mass is 32.1. The van der Waals surface area contributed by atoms with Crippen LogP contribution in [0, 0.1) is 6.92 Å². The molecule has 0 bridgehead atoms. The van der Waals surface area contributed by atoms with E-state index in [2.05, 4.69) is 4.37 Å². The number of hydrogen-bond donors (Lipinski definition) is 1. The Morgan fingerprint density at radius 3 is 2.63 bits per heavy atom. The fourth-order valence-corrected chi connectivity index (χ4v) is 2.73. The largest absolute Gasteiger partial charge is 0.478 e. The predicted molar refractivity (Wildman–Crippen MR) is 70.0 cm³/mol. The lowest BCUT2D eigenvalue weighted by Crippen LogP contribution is -2.47. The van der Waals surface area contributed by atoms with E-state index in [-0.39, 0.29) is 11.6 Å². The first kappa shape index (κ1) is 13.8. The minimum Gasteiger partial charge on any atom is -0.478 e.